The van der Waals surface area contributed by atoms with Crippen LogP contribution in [0.3, 0.4) is 0 Å². The number of aliphatic imine (C=N–C) groups is 1. The fourth-order valence-corrected chi connectivity index (χ4v) is 3.09. The van der Waals surface area contributed by atoms with Gasteiger partial charge >= 0.3 is 6.18 Å². The molecular weight excluding hydrogens is 480 g/mol. The lowest BCUT2D eigenvalue weighted by molar-refractivity contribution is -0.132. The first-order chi connectivity index (χ1) is 11.8. The maximum absolute atomic E-state index is 12.2. The molecule has 0 saturated carbocycles. The fourth-order valence-electron chi connectivity index (χ4n) is 2.93. The highest BCUT2D eigenvalue weighted by Crippen LogP contribution is 2.29. The molecule has 26 heavy (non-hydrogen) atoms. The van der Waals surface area contributed by atoms with Crippen LogP contribution in [-0.4, -0.2) is 45.4 Å². The number of nitrogens with one attached hydrogen (secondary N) is 2. The lowest BCUT2D eigenvalue weighted by atomic mass is 10.1. The minimum atomic E-state index is -4.16. The number of anilines is 1. The minimum absolute atomic E-state index is 0. The number of rotatable bonds is 5. The Labute approximate surface area is 174 Å². The van der Waals surface area contributed by atoms with Gasteiger partial charge in [-0.05, 0) is 37.0 Å². The zero-order valence-electron chi connectivity index (χ0n) is 14.9. The molecular formula is C17H25ClF3IN4. The molecule has 1 atom stereocenters. The van der Waals surface area contributed by atoms with Crippen LogP contribution in [-0.2, 0) is 0 Å². The van der Waals surface area contributed by atoms with E-state index in [9.17, 15) is 13.2 Å². The molecule has 0 spiro atoms. The van der Waals surface area contributed by atoms with Crippen LogP contribution in [0.15, 0.2) is 23.2 Å². The smallest absolute Gasteiger partial charge is 0.371 e. The first-order valence-electron chi connectivity index (χ1n) is 8.31. The second kappa shape index (κ2) is 10.4. The molecule has 1 unspecified atom stereocenters. The Balaban J connectivity index is 0.00000338. The minimum Gasteiger partial charge on any atom is -0.371 e. The summed E-state index contributed by atoms with van der Waals surface area (Å²) in [5, 5.41) is 6.53. The van der Waals surface area contributed by atoms with E-state index in [2.05, 4.69) is 27.4 Å². The Bertz CT molecular complexity index is 610. The molecule has 1 saturated heterocycles. The van der Waals surface area contributed by atoms with Crippen molar-refractivity contribution in [3.63, 3.8) is 0 Å². The van der Waals surface area contributed by atoms with E-state index in [0.29, 0.717) is 18.4 Å². The third-order valence-corrected chi connectivity index (χ3v) is 4.52. The maximum Gasteiger partial charge on any atom is 0.390 e. The fraction of sp³-hybridized carbons (Fsp3) is 0.588. The first kappa shape index (κ1) is 23.1. The molecule has 0 aromatic heterocycles. The van der Waals surface area contributed by atoms with Gasteiger partial charge in [-0.25, -0.2) is 0 Å². The molecule has 2 N–H and O–H groups in total. The van der Waals surface area contributed by atoms with Crippen LogP contribution >= 0.6 is 35.6 Å². The van der Waals surface area contributed by atoms with Crippen molar-refractivity contribution in [1.82, 2.24) is 10.6 Å². The molecule has 1 aromatic carbocycles. The van der Waals surface area contributed by atoms with Crippen LogP contribution < -0.4 is 15.5 Å². The largest absolute Gasteiger partial charge is 0.390 e. The number of benzene rings is 1. The van der Waals surface area contributed by atoms with Gasteiger partial charge in [0.2, 0.25) is 0 Å². The van der Waals surface area contributed by atoms with Gasteiger partial charge in [-0.15, -0.1) is 24.0 Å². The third-order valence-electron chi connectivity index (χ3n) is 4.28. The summed E-state index contributed by atoms with van der Waals surface area (Å²) in [4.78, 5) is 6.27. The highest BCUT2D eigenvalue weighted by atomic mass is 127. The van der Waals surface area contributed by atoms with Crippen molar-refractivity contribution in [1.29, 1.82) is 0 Å². The van der Waals surface area contributed by atoms with Crippen molar-refractivity contribution in [3.8, 4) is 0 Å². The number of alkyl halides is 3. The number of aryl methyl sites for hydroxylation is 1. The lowest BCUT2D eigenvalue weighted by Gasteiger charge is -2.21. The molecule has 148 valence electrons. The summed E-state index contributed by atoms with van der Waals surface area (Å²) in [5.41, 5.74) is 2.32. The van der Waals surface area contributed by atoms with Crippen molar-refractivity contribution >= 4 is 47.2 Å². The van der Waals surface area contributed by atoms with Gasteiger partial charge in [0.1, 0.15) is 0 Å². The molecule has 1 heterocycles. The number of guanidine groups is 1. The summed E-state index contributed by atoms with van der Waals surface area (Å²) in [7, 11) is 1.55. The van der Waals surface area contributed by atoms with E-state index < -0.39 is 12.6 Å². The normalized spacial score (nSPS) is 17.8. The summed E-state index contributed by atoms with van der Waals surface area (Å²) in [6.07, 6.45) is -4.02. The Morgan fingerprint density at radius 3 is 2.73 bits per heavy atom. The zero-order chi connectivity index (χ0) is 18.4. The quantitative estimate of drug-likeness (QED) is 0.359. The molecule has 1 aliphatic heterocycles. The van der Waals surface area contributed by atoms with Crippen LogP contribution in [0.4, 0.5) is 18.9 Å². The van der Waals surface area contributed by atoms with Gasteiger partial charge in [0.05, 0.1) is 6.42 Å². The molecule has 1 aromatic rings. The van der Waals surface area contributed by atoms with Crippen molar-refractivity contribution in [2.24, 2.45) is 10.9 Å². The molecule has 4 nitrogen and oxygen atoms in total. The molecule has 0 bridgehead atoms. The number of hydrogen-bond donors (Lipinski definition) is 2. The van der Waals surface area contributed by atoms with Gasteiger partial charge in [-0.3, -0.25) is 4.99 Å². The van der Waals surface area contributed by atoms with Crippen molar-refractivity contribution in [2.45, 2.75) is 25.9 Å². The third kappa shape index (κ3) is 7.38. The van der Waals surface area contributed by atoms with Crippen LogP contribution in [0, 0.1) is 12.8 Å². The van der Waals surface area contributed by atoms with Crippen LogP contribution in [0.5, 0.6) is 0 Å². The molecule has 1 fully saturated rings. The number of hydrogen-bond acceptors (Lipinski definition) is 2. The molecule has 0 aliphatic carbocycles. The van der Waals surface area contributed by atoms with Gasteiger partial charge in [0.15, 0.2) is 5.96 Å². The second-order valence-electron chi connectivity index (χ2n) is 6.28. The van der Waals surface area contributed by atoms with E-state index in [1.165, 1.54) is 5.56 Å². The van der Waals surface area contributed by atoms with Gasteiger partial charge in [0, 0.05) is 43.9 Å². The van der Waals surface area contributed by atoms with Crippen LogP contribution in [0.25, 0.3) is 0 Å². The van der Waals surface area contributed by atoms with E-state index in [-0.39, 0.29) is 30.5 Å². The summed E-state index contributed by atoms with van der Waals surface area (Å²) in [6.45, 7) is 4.37. The maximum atomic E-state index is 12.2. The Hall–Kier alpha value is -0.900. The van der Waals surface area contributed by atoms with E-state index >= 15 is 0 Å². The number of nitrogens with zero attached hydrogens (tertiary/aromatic N) is 2. The van der Waals surface area contributed by atoms with Crippen molar-refractivity contribution in [3.05, 3.63) is 28.8 Å². The van der Waals surface area contributed by atoms with Crippen LogP contribution in [0.2, 0.25) is 5.02 Å². The first-order valence-corrected chi connectivity index (χ1v) is 8.68. The lowest BCUT2D eigenvalue weighted by Crippen LogP contribution is -2.41. The summed E-state index contributed by atoms with van der Waals surface area (Å²) in [6, 6.07) is 5.87. The Morgan fingerprint density at radius 2 is 2.08 bits per heavy atom. The van der Waals surface area contributed by atoms with Gasteiger partial charge in [-0.2, -0.15) is 13.2 Å². The van der Waals surface area contributed by atoms with E-state index in [0.717, 1.165) is 30.2 Å². The SMILES string of the molecule is CN=C(NCCC(F)(F)F)NCC1CCN(c2cc(Cl)ccc2C)C1.I. The molecule has 9 heteroatoms. The standard InChI is InChI=1S/C17H24ClF3N4.HI/c1-12-3-4-14(18)9-15(12)25-8-5-13(11-25)10-24-16(22-2)23-7-6-17(19,20)21;/h3-4,9,13H,5-8,10-11H2,1-2H3,(H2,22,23,24);1H. The van der Waals surface area contributed by atoms with Gasteiger partial charge in [0.25, 0.3) is 0 Å². The predicted molar refractivity (Wildman–Crippen MR) is 112 cm³/mol. The average molecular weight is 505 g/mol. The molecule has 0 radical (unpaired) electrons. The molecule has 2 rings (SSSR count). The molecule has 0 amide bonds. The highest BCUT2D eigenvalue weighted by molar-refractivity contribution is 14.0. The van der Waals surface area contributed by atoms with Crippen LogP contribution in [0.1, 0.15) is 18.4 Å². The second-order valence-corrected chi connectivity index (χ2v) is 6.71. The van der Waals surface area contributed by atoms with E-state index in [4.69, 9.17) is 11.6 Å². The zero-order valence-corrected chi connectivity index (χ0v) is 18.0. The van der Waals surface area contributed by atoms with Crippen molar-refractivity contribution in [2.75, 3.05) is 38.1 Å². The van der Waals surface area contributed by atoms with Gasteiger partial charge < -0.3 is 15.5 Å². The summed E-state index contributed by atoms with van der Waals surface area (Å²) < 4.78 is 36.6. The van der Waals surface area contributed by atoms with Gasteiger partial charge in [-0.1, -0.05) is 17.7 Å². The Kier molecular flexibility index (Phi) is 9.29. The summed E-state index contributed by atoms with van der Waals surface area (Å²) in [5.74, 6) is 0.807. The van der Waals surface area contributed by atoms with Crippen molar-refractivity contribution < 1.29 is 13.2 Å². The van der Waals surface area contributed by atoms with E-state index in [1.54, 1.807) is 7.05 Å². The number of halogens is 5. The monoisotopic (exact) mass is 504 g/mol. The highest BCUT2D eigenvalue weighted by Gasteiger charge is 2.27. The predicted octanol–water partition coefficient (Wildman–Crippen LogP) is 4.21. The Morgan fingerprint density at radius 1 is 1.35 bits per heavy atom. The van der Waals surface area contributed by atoms with E-state index in [1.807, 2.05) is 18.2 Å². The average Bonchev–Trinajstić information content (AvgIpc) is 3.00. The topological polar surface area (TPSA) is 39.7 Å². The summed E-state index contributed by atoms with van der Waals surface area (Å²) >= 11 is 6.09. The molecule has 1 aliphatic rings.